The zero-order valence-electron chi connectivity index (χ0n) is 18.6. The molecule has 1 aliphatic rings. The van der Waals surface area contributed by atoms with Crippen molar-refractivity contribution in [1.29, 1.82) is 0 Å². The Kier molecular flexibility index (Phi) is 6.13. The summed E-state index contributed by atoms with van der Waals surface area (Å²) in [6, 6.07) is 9.21. The summed E-state index contributed by atoms with van der Waals surface area (Å²) in [5, 5.41) is 3.23. The minimum absolute atomic E-state index is 0.0926. The van der Waals surface area contributed by atoms with E-state index in [2.05, 4.69) is 10.3 Å². The molecule has 0 spiro atoms. The zero-order valence-corrected chi connectivity index (χ0v) is 18.6. The van der Waals surface area contributed by atoms with Crippen LogP contribution in [0.5, 0.6) is 17.2 Å². The summed E-state index contributed by atoms with van der Waals surface area (Å²) in [7, 11) is 0. The number of benzene rings is 2. The maximum absolute atomic E-state index is 13.8. The van der Waals surface area contributed by atoms with Gasteiger partial charge in [0.2, 0.25) is 0 Å². The number of hydrogen-bond donors (Lipinski definition) is 2. The lowest BCUT2D eigenvalue weighted by molar-refractivity contribution is 0.0520. The minimum atomic E-state index is -0.616. The second-order valence-corrected chi connectivity index (χ2v) is 8.48. The van der Waals surface area contributed by atoms with E-state index in [9.17, 15) is 14.0 Å². The van der Waals surface area contributed by atoms with Gasteiger partial charge in [-0.15, -0.1) is 0 Å². The molecule has 2 N–H and O–H groups in total. The van der Waals surface area contributed by atoms with Gasteiger partial charge in [0.05, 0.1) is 17.6 Å². The van der Waals surface area contributed by atoms with Crippen LogP contribution in [0.3, 0.4) is 0 Å². The number of H-pyrrole nitrogens is 1. The number of nitrogens with one attached hydrogen (secondary N) is 2. The molecule has 0 fully saturated rings. The lowest BCUT2D eigenvalue weighted by Gasteiger charge is -2.21. The van der Waals surface area contributed by atoms with E-state index in [0.29, 0.717) is 47.1 Å². The normalized spacial score (nSPS) is 13.0. The molecule has 2 heterocycles. The van der Waals surface area contributed by atoms with Crippen LogP contribution in [0.25, 0.3) is 22.0 Å². The Morgan fingerprint density at radius 2 is 1.85 bits per heavy atom. The van der Waals surface area contributed by atoms with E-state index in [4.69, 9.17) is 18.9 Å². The summed E-state index contributed by atoms with van der Waals surface area (Å²) < 4.78 is 36.2. The molecule has 8 nitrogen and oxygen atoms in total. The van der Waals surface area contributed by atoms with E-state index in [1.807, 2.05) is 0 Å². The van der Waals surface area contributed by atoms with Gasteiger partial charge in [-0.25, -0.2) is 9.18 Å². The Hall–Kier alpha value is -3.75. The summed E-state index contributed by atoms with van der Waals surface area (Å²) >= 11 is 0. The smallest absolute Gasteiger partial charge is 0.407 e. The van der Waals surface area contributed by atoms with Crippen LogP contribution in [0.4, 0.5) is 9.18 Å². The number of hydrogen-bond acceptors (Lipinski definition) is 6. The molecule has 1 aliphatic heterocycles. The van der Waals surface area contributed by atoms with E-state index in [-0.39, 0.29) is 18.5 Å². The molecule has 0 saturated carbocycles. The van der Waals surface area contributed by atoms with Crippen molar-refractivity contribution < 1.29 is 28.1 Å². The quantitative estimate of drug-likeness (QED) is 0.563. The third kappa shape index (κ3) is 5.19. The largest absolute Gasteiger partial charge is 0.489 e. The van der Waals surface area contributed by atoms with Gasteiger partial charge in [-0.1, -0.05) is 0 Å². The van der Waals surface area contributed by atoms with Crippen LogP contribution in [-0.4, -0.2) is 43.0 Å². The third-order valence-corrected chi connectivity index (χ3v) is 4.78. The molecule has 4 rings (SSSR count). The molecule has 0 aliphatic carbocycles. The number of aromatic amines is 1. The zero-order chi connectivity index (χ0) is 23.6. The highest BCUT2D eigenvalue weighted by atomic mass is 19.1. The van der Waals surface area contributed by atoms with Crippen molar-refractivity contribution in [2.45, 2.75) is 26.4 Å². The monoisotopic (exact) mass is 456 g/mol. The molecular formula is C24H25FN2O6. The molecule has 3 aromatic rings. The average molecular weight is 456 g/mol. The number of alkyl carbamates (subject to hydrolysis) is 1. The molecule has 0 unspecified atom stereocenters. The lowest BCUT2D eigenvalue weighted by atomic mass is 10.0. The molecule has 9 heteroatoms. The number of rotatable bonds is 5. The molecule has 1 aromatic heterocycles. The predicted molar refractivity (Wildman–Crippen MR) is 121 cm³/mol. The number of carbonyl (C=O) groups excluding carboxylic acids is 1. The fourth-order valence-corrected chi connectivity index (χ4v) is 3.45. The number of pyridine rings is 1. The predicted octanol–water partition coefficient (Wildman–Crippen LogP) is 4.01. The summed E-state index contributed by atoms with van der Waals surface area (Å²) in [5.41, 5.74) is -0.0186. The topological polar surface area (TPSA) is 98.9 Å². The molecule has 174 valence electrons. The number of fused-ring (bicyclic) bond motifs is 2. The Morgan fingerprint density at radius 1 is 1.09 bits per heavy atom. The molecule has 2 aromatic carbocycles. The Morgan fingerprint density at radius 3 is 2.61 bits per heavy atom. The first kappa shape index (κ1) is 22.4. The number of carbonyl (C=O) groups is 1. The number of halogens is 1. The Balaban J connectivity index is 1.65. The van der Waals surface area contributed by atoms with Crippen molar-refractivity contribution >= 4 is 16.9 Å². The summed E-state index contributed by atoms with van der Waals surface area (Å²) in [6.07, 6.45) is -0.563. The van der Waals surface area contributed by atoms with E-state index >= 15 is 0 Å². The first-order valence-electron chi connectivity index (χ1n) is 10.6. The SMILES string of the molecule is CC(C)(C)OC(=O)NCCOc1c(-c2ccc3c(c2)OCCO3)[nH]c(=O)c2cc(F)ccc12. The number of aromatic nitrogens is 1. The molecule has 0 bridgehead atoms. The number of ether oxygens (including phenoxy) is 4. The van der Waals surface area contributed by atoms with Gasteiger partial charge < -0.3 is 29.2 Å². The standard InChI is InChI=1S/C24H25FN2O6/c1-24(2,3)33-23(29)26-8-9-32-21-16-6-5-15(25)13-17(16)22(28)27-20(21)14-4-7-18-19(12-14)31-11-10-30-18/h4-7,12-13H,8-11H2,1-3H3,(H,26,29)(H,27,28). The van der Waals surface area contributed by atoms with Gasteiger partial charge in [0, 0.05) is 10.9 Å². The van der Waals surface area contributed by atoms with Gasteiger partial charge in [-0.3, -0.25) is 4.79 Å². The van der Waals surface area contributed by atoms with Gasteiger partial charge in [-0.05, 0) is 57.2 Å². The van der Waals surface area contributed by atoms with E-state index < -0.39 is 23.1 Å². The first-order chi connectivity index (χ1) is 15.7. The molecule has 0 atom stereocenters. The maximum atomic E-state index is 13.8. The van der Waals surface area contributed by atoms with Crippen molar-refractivity contribution in [1.82, 2.24) is 10.3 Å². The highest BCUT2D eigenvalue weighted by Crippen LogP contribution is 2.38. The van der Waals surface area contributed by atoms with Crippen LogP contribution in [0.15, 0.2) is 41.2 Å². The fraction of sp³-hybridized carbons (Fsp3) is 0.333. The van der Waals surface area contributed by atoms with Crippen molar-refractivity contribution in [3.63, 3.8) is 0 Å². The van der Waals surface area contributed by atoms with Gasteiger partial charge in [-0.2, -0.15) is 0 Å². The van der Waals surface area contributed by atoms with Gasteiger partial charge in [0.15, 0.2) is 17.2 Å². The Labute approximate surface area is 189 Å². The van der Waals surface area contributed by atoms with Crippen LogP contribution in [0, 0.1) is 5.82 Å². The lowest BCUT2D eigenvalue weighted by Crippen LogP contribution is -2.34. The van der Waals surface area contributed by atoms with Crippen molar-refractivity contribution in [3.05, 3.63) is 52.6 Å². The van der Waals surface area contributed by atoms with Gasteiger partial charge >= 0.3 is 6.09 Å². The third-order valence-electron chi connectivity index (χ3n) is 4.78. The van der Waals surface area contributed by atoms with Crippen LogP contribution < -0.4 is 25.1 Å². The number of amides is 1. The molecular weight excluding hydrogens is 431 g/mol. The molecule has 1 amide bonds. The van der Waals surface area contributed by atoms with E-state index in [0.717, 1.165) is 6.07 Å². The van der Waals surface area contributed by atoms with Crippen LogP contribution in [0.1, 0.15) is 20.8 Å². The second kappa shape index (κ2) is 9.01. The maximum Gasteiger partial charge on any atom is 0.407 e. The van der Waals surface area contributed by atoms with Crippen LogP contribution >= 0.6 is 0 Å². The first-order valence-corrected chi connectivity index (χ1v) is 10.6. The summed E-state index contributed by atoms with van der Waals surface area (Å²) in [5.74, 6) is 0.987. The molecule has 33 heavy (non-hydrogen) atoms. The van der Waals surface area contributed by atoms with E-state index in [1.54, 1.807) is 39.0 Å². The molecule has 0 radical (unpaired) electrons. The van der Waals surface area contributed by atoms with Crippen molar-refractivity contribution in [2.24, 2.45) is 0 Å². The van der Waals surface area contributed by atoms with Crippen molar-refractivity contribution in [3.8, 4) is 28.5 Å². The van der Waals surface area contributed by atoms with Crippen LogP contribution in [0.2, 0.25) is 0 Å². The van der Waals surface area contributed by atoms with Gasteiger partial charge in [0.1, 0.15) is 31.2 Å². The summed E-state index contributed by atoms with van der Waals surface area (Å²) in [4.78, 5) is 27.4. The minimum Gasteiger partial charge on any atom is -0.489 e. The van der Waals surface area contributed by atoms with Crippen molar-refractivity contribution in [2.75, 3.05) is 26.4 Å². The highest BCUT2D eigenvalue weighted by Gasteiger charge is 2.19. The molecule has 0 saturated heterocycles. The highest BCUT2D eigenvalue weighted by molar-refractivity contribution is 5.93. The van der Waals surface area contributed by atoms with E-state index in [1.165, 1.54) is 12.1 Å². The summed E-state index contributed by atoms with van der Waals surface area (Å²) in [6.45, 7) is 6.46. The Bertz CT molecular complexity index is 1250. The van der Waals surface area contributed by atoms with Gasteiger partial charge in [0.25, 0.3) is 5.56 Å². The average Bonchev–Trinajstić information content (AvgIpc) is 2.76. The second-order valence-electron chi connectivity index (χ2n) is 8.48. The fourth-order valence-electron chi connectivity index (χ4n) is 3.45. The van der Waals surface area contributed by atoms with Crippen LogP contribution in [-0.2, 0) is 4.74 Å².